The zero-order valence-corrected chi connectivity index (χ0v) is 14.2. The number of rotatable bonds is 6. The van der Waals surface area contributed by atoms with Gasteiger partial charge in [0.05, 0.1) is 17.7 Å². The van der Waals surface area contributed by atoms with Crippen molar-refractivity contribution in [1.29, 1.82) is 0 Å². The highest BCUT2D eigenvalue weighted by Gasteiger charge is 2.22. The van der Waals surface area contributed by atoms with E-state index >= 15 is 0 Å². The largest absolute Gasteiger partial charge is 0.452 e. The van der Waals surface area contributed by atoms with E-state index in [1.807, 2.05) is 0 Å². The number of esters is 1. The van der Waals surface area contributed by atoms with Crippen LogP contribution in [0.1, 0.15) is 34.3 Å². The standard InChI is InChI=1S/C15H17N3O5S/c1-7-11(8(2)23-18-7)6-12(19)22-9(3)14(21)17-15-10(13(16)20)4-5-24-15/h4-5,9H,6H2,1-3H3,(H2,16,20)(H,17,21)/t9-/m0/s1. The van der Waals surface area contributed by atoms with E-state index in [2.05, 4.69) is 10.5 Å². The van der Waals surface area contributed by atoms with E-state index in [0.717, 1.165) is 11.3 Å². The maximum absolute atomic E-state index is 12.1. The molecule has 2 rings (SSSR count). The van der Waals surface area contributed by atoms with Gasteiger partial charge in [0.15, 0.2) is 6.10 Å². The third-order valence-corrected chi connectivity index (χ3v) is 4.18. The zero-order chi connectivity index (χ0) is 17.9. The molecule has 0 aliphatic heterocycles. The molecule has 0 fully saturated rings. The summed E-state index contributed by atoms with van der Waals surface area (Å²) in [6, 6.07) is 1.51. The van der Waals surface area contributed by atoms with Gasteiger partial charge in [-0.05, 0) is 32.2 Å². The summed E-state index contributed by atoms with van der Waals surface area (Å²) in [5.74, 6) is -1.23. The van der Waals surface area contributed by atoms with Crippen molar-refractivity contribution in [3.8, 4) is 0 Å². The molecule has 1 atom stereocenters. The van der Waals surface area contributed by atoms with Gasteiger partial charge in [-0.3, -0.25) is 14.4 Å². The number of nitrogens with two attached hydrogens (primary N) is 1. The van der Waals surface area contributed by atoms with Crippen molar-refractivity contribution in [3.05, 3.63) is 34.0 Å². The molecule has 0 saturated heterocycles. The average Bonchev–Trinajstić information content (AvgIpc) is 3.09. The molecule has 2 heterocycles. The summed E-state index contributed by atoms with van der Waals surface area (Å²) < 4.78 is 10.1. The van der Waals surface area contributed by atoms with Gasteiger partial charge < -0.3 is 20.3 Å². The molecule has 2 amide bonds. The van der Waals surface area contributed by atoms with Gasteiger partial charge in [-0.2, -0.15) is 0 Å². The molecule has 8 nitrogen and oxygen atoms in total. The van der Waals surface area contributed by atoms with Gasteiger partial charge in [-0.1, -0.05) is 5.16 Å². The number of ether oxygens (including phenoxy) is 1. The van der Waals surface area contributed by atoms with Crippen molar-refractivity contribution in [2.24, 2.45) is 5.73 Å². The van der Waals surface area contributed by atoms with Crippen LogP contribution in [0.4, 0.5) is 5.00 Å². The minimum absolute atomic E-state index is 0.0374. The van der Waals surface area contributed by atoms with Crippen LogP contribution in [-0.4, -0.2) is 29.0 Å². The predicted molar refractivity (Wildman–Crippen MR) is 86.7 cm³/mol. The van der Waals surface area contributed by atoms with Crippen molar-refractivity contribution in [1.82, 2.24) is 5.16 Å². The first-order valence-electron chi connectivity index (χ1n) is 7.09. The Labute approximate surface area is 142 Å². The summed E-state index contributed by atoms with van der Waals surface area (Å²) in [6.07, 6.45) is -1.06. The second-order valence-corrected chi connectivity index (χ2v) is 6.04. The molecule has 0 unspecified atom stereocenters. The lowest BCUT2D eigenvalue weighted by Crippen LogP contribution is -2.31. The van der Waals surface area contributed by atoms with Gasteiger partial charge in [0, 0.05) is 5.56 Å². The molecule has 0 spiro atoms. The van der Waals surface area contributed by atoms with Crippen molar-refractivity contribution >= 4 is 34.1 Å². The van der Waals surface area contributed by atoms with E-state index < -0.39 is 23.9 Å². The molecule has 9 heteroatoms. The highest BCUT2D eigenvalue weighted by Crippen LogP contribution is 2.23. The number of primary amides is 1. The molecule has 0 aromatic carbocycles. The highest BCUT2D eigenvalue weighted by molar-refractivity contribution is 7.14. The normalized spacial score (nSPS) is 11.8. The molecule has 0 aliphatic carbocycles. The molecule has 24 heavy (non-hydrogen) atoms. The molecule has 0 saturated carbocycles. The quantitative estimate of drug-likeness (QED) is 0.761. The fourth-order valence-electron chi connectivity index (χ4n) is 2.00. The van der Waals surface area contributed by atoms with Gasteiger partial charge >= 0.3 is 5.97 Å². The minimum Gasteiger partial charge on any atom is -0.452 e. The van der Waals surface area contributed by atoms with Gasteiger partial charge in [-0.15, -0.1) is 11.3 Å². The fourth-order valence-corrected chi connectivity index (χ4v) is 2.80. The number of nitrogens with zero attached hydrogens (tertiary/aromatic N) is 1. The number of carbonyl (C=O) groups is 3. The molecule has 128 valence electrons. The number of amides is 2. The van der Waals surface area contributed by atoms with Gasteiger partial charge in [-0.25, -0.2) is 0 Å². The third kappa shape index (κ3) is 3.99. The lowest BCUT2D eigenvalue weighted by Gasteiger charge is -2.13. The zero-order valence-electron chi connectivity index (χ0n) is 13.4. The molecule has 0 bridgehead atoms. The first-order chi connectivity index (χ1) is 11.3. The van der Waals surface area contributed by atoms with E-state index in [4.69, 9.17) is 15.0 Å². The van der Waals surface area contributed by atoms with Crippen molar-refractivity contribution in [2.45, 2.75) is 33.3 Å². The lowest BCUT2D eigenvalue weighted by atomic mass is 10.1. The van der Waals surface area contributed by atoms with Crippen LogP contribution in [0.15, 0.2) is 16.0 Å². The van der Waals surface area contributed by atoms with Gasteiger partial charge in [0.2, 0.25) is 0 Å². The molecular weight excluding hydrogens is 334 g/mol. The monoisotopic (exact) mass is 351 g/mol. The second kappa shape index (κ2) is 7.26. The van der Waals surface area contributed by atoms with E-state index in [-0.39, 0.29) is 12.0 Å². The predicted octanol–water partition coefficient (Wildman–Crippen LogP) is 1.56. The second-order valence-electron chi connectivity index (χ2n) is 5.13. The van der Waals surface area contributed by atoms with Crippen LogP contribution in [0.3, 0.4) is 0 Å². The number of anilines is 1. The Balaban J connectivity index is 1.95. The first-order valence-corrected chi connectivity index (χ1v) is 7.97. The fraction of sp³-hybridized carbons (Fsp3) is 0.333. The number of thiophene rings is 1. The summed E-state index contributed by atoms with van der Waals surface area (Å²) in [7, 11) is 0. The molecular formula is C15H17N3O5S. The summed E-state index contributed by atoms with van der Waals surface area (Å²) in [6.45, 7) is 4.86. The van der Waals surface area contributed by atoms with Gasteiger partial charge in [0.25, 0.3) is 11.8 Å². The molecule has 0 aliphatic rings. The van der Waals surface area contributed by atoms with Crippen LogP contribution >= 0.6 is 11.3 Å². The van der Waals surface area contributed by atoms with Crippen molar-refractivity contribution < 1.29 is 23.6 Å². The van der Waals surface area contributed by atoms with E-state index in [1.165, 1.54) is 13.0 Å². The van der Waals surface area contributed by atoms with Crippen molar-refractivity contribution in [2.75, 3.05) is 5.32 Å². The number of hydrogen-bond donors (Lipinski definition) is 2. The number of hydrogen-bond acceptors (Lipinski definition) is 7. The number of aromatic nitrogens is 1. The van der Waals surface area contributed by atoms with E-state index in [1.54, 1.807) is 19.2 Å². The smallest absolute Gasteiger partial charge is 0.311 e. The van der Waals surface area contributed by atoms with E-state index in [0.29, 0.717) is 22.0 Å². The van der Waals surface area contributed by atoms with Crippen LogP contribution in [0.2, 0.25) is 0 Å². The number of carbonyl (C=O) groups excluding carboxylic acids is 3. The van der Waals surface area contributed by atoms with Crippen LogP contribution in [0, 0.1) is 13.8 Å². The maximum atomic E-state index is 12.1. The average molecular weight is 351 g/mol. The lowest BCUT2D eigenvalue weighted by molar-refractivity contribution is -0.152. The number of aryl methyl sites for hydroxylation is 2. The maximum Gasteiger partial charge on any atom is 0.311 e. The first kappa shape index (κ1) is 17.7. The Morgan fingerprint density at radius 1 is 1.42 bits per heavy atom. The molecule has 0 radical (unpaired) electrons. The summed E-state index contributed by atoms with van der Waals surface area (Å²) in [5.41, 5.74) is 6.67. The van der Waals surface area contributed by atoms with Gasteiger partial charge in [0.1, 0.15) is 10.8 Å². The Kier molecular flexibility index (Phi) is 5.35. The Morgan fingerprint density at radius 3 is 2.71 bits per heavy atom. The van der Waals surface area contributed by atoms with Crippen LogP contribution < -0.4 is 11.1 Å². The topological polar surface area (TPSA) is 125 Å². The highest BCUT2D eigenvalue weighted by atomic mass is 32.1. The van der Waals surface area contributed by atoms with Crippen LogP contribution in [0.25, 0.3) is 0 Å². The van der Waals surface area contributed by atoms with Crippen molar-refractivity contribution in [3.63, 3.8) is 0 Å². The molecule has 3 N–H and O–H groups in total. The Bertz CT molecular complexity index is 760. The Morgan fingerprint density at radius 2 is 2.12 bits per heavy atom. The van der Waals surface area contributed by atoms with Crippen LogP contribution in [-0.2, 0) is 20.7 Å². The summed E-state index contributed by atoms with van der Waals surface area (Å²) in [5, 5.41) is 8.23. The molecule has 2 aromatic heterocycles. The molecule has 2 aromatic rings. The number of nitrogens with one attached hydrogen (secondary N) is 1. The SMILES string of the molecule is Cc1noc(C)c1CC(=O)O[C@@H](C)C(=O)Nc1sccc1C(N)=O. The summed E-state index contributed by atoms with van der Waals surface area (Å²) >= 11 is 1.16. The minimum atomic E-state index is -1.03. The third-order valence-electron chi connectivity index (χ3n) is 3.35. The summed E-state index contributed by atoms with van der Waals surface area (Å²) in [4.78, 5) is 35.3. The van der Waals surface area contributed by atoms with Crippen LogP contribution in [0.5, 0.6) is 0 Å². The Hall–Kier alpha value is -2.68. The van der Waals surface area contributed by atoms with E-state index in [9.17, 15) is 14.4 Å².